The molecule has 17 heavy (non-hydrogen) atoms. The van der Waals surface area contributed by atoms with Crippen LogP contribution < -0.4 is 4.74 Å². The number of nitrogens with zero attached hydrogens (tertiary/aromatic N) is 3. The van der Waals surface area contributed by atoms with E-state index >= 15 is 0 Å². The van der Waals surface area contributed by atoms with E-state index < -0.39 is 5.95 Å². The van der Waals surface area contributed by atoms with E-state index in [1.54, 1.807) is 0 Å². The maximum atomic E-state index is 12.5. The normalized spacial score (nSPS) is 10.5. The van der Waals surface area contributed by atoms with E-state index in [4.69, 9.17) is 9.26 Å². The Morgan fingerprint density at radius 3 is 3.00 bits per heavy atom. The summed E-state index contributed by atoms with van der Waals surface area (Å²) in [5.41, 5.74) is 0. The van der Waals surface area contributed by atoms with Gasteiger partial charge in [-0.2, -0.15) is 9.37 Å². The zero-order chi connectivity index (χ0) is 12.1. The van der Waals surface area contributed by atoms with Gasteiger partial charge >= 0.3 is 0 Å². The Bertz CT molecular complexity index is 470. The van der Waals surface area contributed by atoms with Crippen LogP contribution in [0.4, 0.5) is 4.39 Å². The Balaban J connectivity index is 1.90. The average molecular weight is 237 g/mol. The first-order chi connectivity index (χ1) is 8.28. The molecule has 2 aromatic rings. The summed E-state index contributed by atoms with van der Waals surface area (Å²) in [7, 11) is 0. The summed E-state index contributed by atoms with van der Waals surface area (Å²) in [5, 5.41) is 3.76. The molecular formula is C11H12FN3O2. The minimum atomic E-state index is -0.540. The number of aryl methyl sites for hydroxylation is 1. The topological polar surface area (TPSA) is 61.0 Å². The summed E-state index contributed by atoms with van der Waals surface area (Å²) < 4.78 is 22.9. The van der Waals surface area contributed by atoms with E-state index in [2.05, 4.69) is 15.1 Å². The Morgan fingerprint density at radius 2 is 2.29 bits per heavy atom. The molecule has 0 unspecified atom stereocenters. The van der Waals surface area contributed by atoms with Gasteiger partial charge in [0, 0.05) is 6.42 Å². The van der Waals surface area contributed by atoms with Crippen molar-refractivity contribution in [2.75, 3.05) is 0 Å². The predicted molar refractivity (Wildman–Crippen MR) is 56.8 cm³/mol. The summed E-state index contributed by atoms with van der Waals surface area (Å²) in [5.74, 6) is 0.997. The molecule has 2 rings (SSSR count). The number of ether oxygens (including phenoxy) is 1. The number of hydrogen-bond donors (Lipinski definition) is 0. The lowest BCUT2D eigenvalue weighted by atomic mass is 10.3. The lowest BCUT2D eigenvalue weighted by Crippen LogP contribution is -1.98. The summed E-state index contributed by atoms with van der Waals surface area (Å²) >= 11 is 0. The summed E-state index contributed by atoms with van der Waals surface area (Å²) in [6.45, 7) is 2.21. The molecule has 0 spiro atoms. The highest BCUT2D eigenvalue weighted by molar-refractivity contribution is 5.16. The fourth-order valence-corrected chi connectivity index (χ4v) is 1.26. The van der Waals surface area contributed by atoms with Gasteiger partial charge in [0.2, 0.25) is 17.7 Å². The molecule has 0 aromatic carbocycles. The van der Waals surface area contributed by atoms with Crippen molar-refractivity contribution in [3.05, 3.63) is 36.0 Å². The first-order valence-corrected chi connectivity index (χ1v) is 5.33. The van der Waals surface area contributed by atoms with Crippen molar-refractivity contribution >= 4 is 0 Å². The summed E-state index contributed by atoms with van der Waals surface area (Å²) in [6, 6.07) is 2.73. The number of pyridine rings is 1. The first kappa shape index (κ1) is 11.5. The molecule has 6 heteroatoms. The minimum absolute atomic E-state index is 0.181. The number of aromatic nitrogens is 3. The predicted octanol–water partition coefficient (Wildman–Crippen LogP) is 2.14. The monoisotopic (exact) mass is 237 g/mol. The molecule has 0 bridgehead atoms. The molecule has 0 amide bonds. The Kier molecular flexibility index (Phi) is 3.64. The van der Waals surface area contributed by atoms with Gasteiger partial charge in [-0.15, -0.1) is 0 Å². The quantitative estimate of drug-likeness (QED) is 0.745. The van der Waals surface area contributed by atoms with Crippen LogP contribution in [0, 0.1) is 5.95 Å². The van der Waals surface area contributed by atoms with Gasteiger partial charge in [0.05, 0.1) is 6.20 Å². The van der Waals surface area contributed by atoms with E-state index in [0.29, 0.717) is 17.5 Å². The van der Waals surface area contributed by atoms with Gasteiger partial charge in [0.1, 0.15) is 5.75 Å². The third-order valence-electron chi connectivity index (χ3n) is 2.04. The molecule has 0 aliphatic carbocycles. The molecule has 0 fully saturated rings. The first-order valence-electron chi connectivity index (χ1n) is 5.33. The number of hydrogen-bond acceptors (Lipinski definition) is 5. The highest BCUT2D eigenvalue weighted by atomic mass is 19.1. The smallest absolute Gasteiger partial charge is 0.226 e. The SMILES string of the molecule is CCCc1nc(COc2ccc(F)nc2)no1. The van der Waals surface area contributed by atoms with Gasteiger partial charge in [-0.25, -0.2) is 4.98 Å². The average Bonchev–Trinajstić information content (AvgIpc) is 2.77. The van der Waals surface area contributed by atoms with Gasteiger partial charge in [-0.1, -0.05) is 12.1 Å². The number of rotatable bonds is 5. The molecule has 2 aromatic heterocycles. The van der Waals surface area contributed by atoms with Crippen LogP contribution in [0.3, 0.4) is 0 Å². The van der Waals surface area contributed by atoms with Crippen molar-refractivity contribution in [1.29, 1.82) is 0 Å². The van der Waals surface area contributed by atoms with Crippen LogP contribution in [-0.4, -0.2) is 15.1 Å². The zero-order valence-electron chi connectivity index (χ0n) is 9.39. The van der Waals surface area contributed by atoms with Gasteiger partial charge in [-0.05, 0) is 18.6 Å². The standard InChI is InChI=1S/C11H12FN3O2/c1-2-3-11-14-10(15-17-11)7-16-8-4-5-9(12)13-6-8/h4-6H,2-3,7H2,1H3. The molecule has 0 saturated carbocycles. The summed E-state index contributed by atoms with van der Waals surface area (Å²) in [4.78, 5) is 7.61. The van der Waals surface area contributed by atoms with E-state index in [1.807, 2.05) is 6.92 Å². The highest BCUT2D eigenvalue weighted by Gasteiger charge is 2.06. The highest BCUT2D eigenvalue weighted by Crippen LogP contribution is 2.10. The molecule has 0 radical (unpaired) electrons. The van der Waals surface area contributed by atoms with Crippen molar-refractivity contribution in [1.82, 2.24) is 15.1 Å². The van der Waals surface area contributed by atoms with Crippen LogP contribution in [0.15, 0.2) is 22.9 Å². The van der Waals surface area contributed by atoms with Crippen LogP contribution in [-0.2, 0) is 13.0 Å². The van der Waals surface area contributed by atoms with Crippen molar-refractivity contribution < 1.29 is 13.7 Å². The van der Waals surface area contributed by atoms with Crippen molar-refractivity contribution in [2.45, 2.75) is 26.4 Å². The second-order valence-electron chi connectivity index (χ2n) is 3.46. The van der Waals surface area contributed by atoms with E-state index in [1.165, 1.54) is 18.3 Å². The minimum Gasteiger partial charge on any atom is -0.484 e. The third-order valence-corrected chi connectivity index (χ3v) is 2.04. The molecule has 2 heterocycles. The van der Waals surface area contributed by atoms with Gasteiger partial charge < -0.3 is 9.26 Å². The molecule has 0 aliphatic rings. The van der Waals surface area contributed by atoms with Crippen molar-refractivity contribution in [3.63, 3.8) is 0 Å². The summed E-state index contributed by atoms with van der Waals surface area (Å²) in [6.07, 6.45) is 3.01. The lowest BCUT2D eigenvalue weighted by molar-refractivity contribution is 0.283. The van der Waals surface area contributed by atoms with E-state index in [9.17, 15) is 4.39 Å². The second-order valence-corrected chi connectivity index (χ2v) is 3.46. The molecule has 0 saturated heterocycles. The third kappa shape index (κ3) is 3.24. The molecular weight excluding hydrogens is 225 g/mol. The molecule has 90 valence electrons. The second kappa shape index (κ2) is 5.38. The largest absolute Gasteiger partial charge is 0.484 e. The molecule has 0 aliphatic heterocycles. The maximum Gasteiger partial charge on any atom is 0.226 e. The maximum absolute atomic E-state index is 12.5. The Labute approximate surface area is 97.6 Å². The molecule has 0 atom stereocenters. The van der Waals surface area contributed by atoms with Crippen molar-refractivity contribution in [2.24, 2.45) is 0 Å². The van der Waals surface area contributed by atoms with Gasteiger partial charge in [0.15, 0.2) is 6.61 Å². The Morgan fingerprint density at radius 1 is 1.41 bits per heavy atom. The fraction of sp³-hybridized carbons (Fsp3) is 0.364. The van der Waals surface area contributed by atoms with E-state index in [-0.39, 0.29) is 6.61 Å². The van der Waals surface area contributed by atoms with Crippen LogP contribution in [0.5, 0.6) is 5.75 Å². The van der Waals surface area contributed by atoms with Gasteiger partial charge in [0.25, 0.3) is 0 Å². The van der Waals surface area contributed by atoms with Crippen LogP contribution >= 0.6 is 0 Å². The van der Waals surface area contributed by atoms with Crippen LogP contribution in [0.2, 0.25) is 0 Å². The Hall–Kier alpha value is -1.98. The van der Waals surface area contributed by atoms with Crippen molar-refractivity contribution in [3.8, 4) is 5.75 Å². The van der Waals surface area contributed by atoms with Crippen LogP contribution in [0.1, 0.15) is 25.1 Å². The zero-order valence-corrected chi connectivity index (χ0v) is 9.39. The fourth-order valence-electron chi connectivity index (χ4n) is 1.26. The van der Waals surface area contributed by atoms with Crippen LogP contribution in [0.25, 0.3) is 0 Å². The molecule has 0 N–H and O–H groups in total. The molecule has 5 nitrogen and oxygen atoms in total. The van der Waals surface area contributed by atoms with E-state index in [0.717, 1.165) is 12.8 Å². The lowest BCUT2D eigenvalue weighted by Gasteiger charge is -2.01. The number of halogens is 1. The van der Waals surface area contributed by atoms with Gasteiger partial charge in [-0.3, -0.25) is 0 Å².